The van der Waals surface area contributed by atoms with E-state index in [0.29, 0.717) is 18.7 Å². The van der Waals surface area contributed by atoms with Crippen molar-refractivity contribution in [1.29, 1.82) is 0 Å². The van der Waals surface area contributed by atoms with E-state index < -0.39 is 0 Å². The number of halogens is 1. The maximum absolute atomic E-state index is 12.9. The number of carbonyl (C=O) groups is 1. The molecule has 0 unspecified atom stereocenters. The summed E-state index contributed by atoms with van der Waals surface area (Å²) in [5.41, 5.74) is 5.02. The zero-order valence-electron chi connectivity index (χ0n) is 19.3. The Balaban J connectivity index is 1.41. The van der Waals surface area contributed by atoms with E-state index in [1.54, 1.807) is 19.2 Å². The van der Waals surface area contributed by atoms with Crippen LogP contribution in [0.25, 0.3) is 0 Å². The third-order valence-electron chi connectivity index (χ3n) is 5.53. The van der Waals surface area contributed by atoms with Crippen molar-refractivity contribution in [2.75, 3.05) is 12.4 Å². The number of nitrogens with one attached hydrogen (secondary N) is 1. The molecule has 174 valence electrons. The van der Waals surface area contributed by atoms with E-state index in [4.69, 9.17) is 9.47 Å². The summed E-state index contributed by atoms with van der Waals surface area (Å²) in [7, 11) is 1.65. The van der Waals surface area contributed by atoms with Crippen molar-refractivity contribution in [2.24, 2.45) is 0 Å². The van der Waals surface area contributed by atoms with Gasteiger partial charge in [-0.25, -0.2) is 0 Å². The predicted molar refractivity (Wildman–Crippen MR) is 137 cm³/mol. The molecule has 0 atom stereocenters. The van der Waals surface area contributed by atoms with Gasteiger partial charge in [-0.3, -0.25) is 9.48 Å². The number of nitrogens with zero attached hydrogens (tertiary/aromatic N) is 2. The fraction of sp³-hybridized carbons (Fsp3) is 0.185. The topological polar surface area (TPSA) is 65.4 Å². The number of hydrogen-bond donors (Lipinski definition) is 1. The van der Waals surface area contributed by atoms with Crippen LogP contribution in [0.4, 0.5) is 5.69 Å². The zero-order chi connectivity index (χ0) is 24.1. The lowest BCUT2D eigenvalue weighted by atomic mass is 10.1. The molecule has 3 aromatic carbocycles. The van der Waals surface area contributed by atoms with Gasteiger partial charge in [0, 0.05) is 5.56 Å². The van der Waals surface area contributed by atoms with Gasteiger partial charge in [-0.05, 0) is 77.3 Å². The average Bonchev–Trinajstić information content (AvgIpc) is 3.11. The van der Waals surface area contributed by atoms with Crippen molar-refractivity contribution >= 4 is 27.5 Å². The second kappa shape index (κ2) is 10.6. The van der Waals surface area contributed by atoms with Crippen LogP contribution in [-0.4, -0.2) is 22.8 Å². The highest BCUT2D eigenvalue weighted by atomic mass is 79.9. The lowest BCUT2D eigenvalue weighted by Gasteiger charge is -2.10. The molecule has 0 saturated heterocycles. The summed E-state index contributed by atoms with van der Waals surface area (Å²) in [5.74, 6) is 1.41. The van der Waals surface area contributed by atoms with E-state index in [2.05, 4.69) is 26.3 Å². The minimum Gasteiger partial charge on any atom is -0.497 e. The molecule has 34 heavy (non-hydrogen) atoms. The van der Waals surface area contributed by atoms with E-state index in [9.17, 15) is 4.79 Å². The predicted octanol–water partition coefficient (Wildman–Crippen LogP) is 6.15. The summed E-state index contributed by atoms with van der Waals surface area (Å²) in [5, 5.41) is 7.65. The molecule has 4 rings (SSSR count). The Morgan fingerprint density at radius 2 is 1.76 bits per heavy atom. The fourth-order valence-electron chi connectivity index (χ4n) is 3.64. The second-order valence-corrected chi connectivity index (χ2v) is 8.78. The maximum Gasteiger partial charge on any atom is 0.255 e. The van der Waals surface area contributed by atoms with E-state index in [1.807, 2.05) is 79.2 Å². The molecular weight excluding hydrogens is 494 g/mol. The average molecular weight is 520 g/mol. The molecule has 0 bridgehead atoms. The quantitative estimate of drug-likeness (QED) is 0.303. The van der Waals surface area contributed by atoms with Gasteiger partial charge in [-0.2, -0.15) is 5.10 Å². The highest BCUT2D eigenvalue weighted by Crippen LogP contribution is 2.25. The SMILES string of the molecule is COc1cccc(Cn2nc(C)c(NC(=O)c3ccc(COc4ccccc4Br)cc3)c2C)c1. The first-order valence-corrected chi connectivity index (χ1v) is 11.7. The molecule has 0 aliphatic rings. The van der Waals surface area contributed by atoms with Crippen molar-refractivity contribution in [3.8, 4) is 11.5 Å². The van der Waals surface area contributed by atoms with Gasteiger partial charge in [0.1, 0.15) is 18.1 Å². The van der Waals surface area contributed by atoms with Crippen LogP contribution in [0.3, 0.4) is 0 Å². The molecular formula is C27H26BrN3O3. The van der Waals surface area contributed by atoms with Gasteiger partial charge in [-0.15, -0.1) is 0 Å². The van der Waals surface area contributed by atoms with Gasteiger partial charge in [0.05, 0.1) is 35.2 Å². The van der Waals surface area contributed by atoms with Crippen LogP contribution >= 0.6 is 15.9 Å². The number of para-hydroxylation sites is 1. The zero-order valence-corrected chi connectivity index (χ0v) is 20.9. The Morgan fingerprint density at radius 1 is 1.00 bits per heavy atom. The molecule has 4 aromatic rings. The number of amides is 1. The molecule has 1 amide bonds. The Hall–Kier alpha value is -3.58. The van der Waals surface area contributed by atoms with Gasteiger partial charge >= 0.3 is 0 Å². The molecule has 7 heteroatoms. The van der Waals surface area contributed by atoms with Gasteiger partial charge < -0.3 is 14.8 Å². The smallest absolute Gasteiger partial charge is 0.255 e. The Bertz CT molecular complexity index is 1300. The normalized spacial score (nSPS) is 10.7. The molecule has 0 spiro atoms. The number of methoxy groups -OCH3 is 1. The first-order valence-electron chi connectivity index (χ1n) is 10.9. The number of carbonyl (C=O) groups excluding carboxylic acids is 1. The Morgan fingerprint density at radius 3 is 2.50 bits per heavy atom. The van der Waals surface area contributed by atoms with E-state index in [-0.39, 0.29) is 5.91 Å². The minimum atomic E-state index is -0.176. The van der Waals surface area contributed by atoms with Crippen LogP contribution in [0, 0.1) is 13.8 Å². The van der Waals surface area contributed by atoms with Gasteiger partial charge in [-0.1, -0.05) is 36.4 Å². The molecule has 0 saturated carbocycles. The third-order valence-corrected chi connectivity index (χ3v) is 6.19. The third kappa shape index (κ3) is 5.48. The Kier molecular flexibility index (Phi) is 7.33. The van der Waals surface area contributed by atoms with Crippen molar-refractivity contribution in [3.05, 3.63) is 105 Å². The van der Waals surface area contributed by atoms with Gasteiger partial charge in [0.2, 0.25) is 0 Å². The van der Waals surface area contributed by atoms with E-state index >= 15 is 0 Å². The van der Waals surface area contributed by atoms with Crippen molar-refractivity contribution in [2.45, 2.75) is 27.0 Å². The maximum atomic E-state index is 12.9. The summed E-state index contributed by atoms with van der Waals surface area (Å²) >= 11 is 3.48. The number of benzene rings is 3. The highest BCUT2D eigenvalue weighted by molar-refractivity contribution is 9.10. The molecule has 6 nitrogen and oxygen atoms in total. The van der Waals surface area contributed by atoms with Crippen LogP contribution < -0.4 is 14.8 Å². The number of anilines is 1. The molecule has 1 N–H and O–H groups in total. The molecule has 0 aliphatic heterocycles. The van der Waals surface area contributed by atoms with Crippen LogP contribution in [0.5, 0.6) is 11.5 Å². The fourth-order valence-corrected chi connectivity index (χ4v) is 4.04. The minimum absolute atomic E-state index is 0.176. The largest absolute Gasteiger partial charge is 0.497 e. The summed E-state index contributed by atoms with van der Waals surface area (Å²) < 4.78 is 14.0. The first-order chi connectivity index (χ1) is 16.4. The summed E-state index contributed by atoms with van der Waals surface area (Å²) in [6, 6.07) is 23.0. The van der Waals surface area contributed by atoms with E-state index in [1.165, 1.54) is 0 Å². The van der Waals surface area contributed by atoms with E-state index in [0.717, 1.165) is 44.2 Å². The van der Waals surface area contributed by atoms with Crippen LogP contribution in [-0.2, 0) is 13.2 Å². The number of ether oxygens (including phenoxy) is 2. The van der Waals surface area contributed by atoms with Crippen molar-refractivity contribution in [1.82, 2.24) is 9.78 Å². The lowest BCUT2D eigenvalue weighted by Crippen LogP contribution is -2.13. The number of aryl methyl sites for hydroxylation is 1. The van der Waals surface area contributed by atoms with Crippen LogP contribution in [0.1, 0.15) is 32.9 Å². The summed E-state index contributed by atoms with van der Waals surface area (Å²) in [4.78, 5) is 12.9. The summed E-state index contributed by atoms with van der Waals surface area (Å²) in [6.45, 7) is 4.86. The van der Waals surface area contributed by atoms with Crippen molar-refractivity contribution < 1.29 is 14.3 Å². The molecule has 0 fully saturated rings. The second-order valence-electron chi connectivity index (χ2n) is 7.93. The lowest BCUT2D eigenvalue weighted by molar-refractivity contribution is 0.102. The standard InChI is InChI=1S/C27H26BrN3O3/c1-18-26(19(2)31(30-18)16-21-7-6-8-23(15-21)33-3)29-27(32)22-13-11-20(12-14-22)17-34-25-10-5-4-9-24(25)28/h4-15H,16-17H2,1-3H3,(H,29,32). The Labute approximate surface area is 207 Å². The van der Waals surface area contributed by atoms with Gasteiger partial charge in [0.15, 0.2) is 0 Å². The van der Waals surface area contributed by atoms with Crippen LogP contribution in [0.2, 0.25) is 0 Å². The van der Waals surface area contributed by atoms with Gasteiger partial charge in [0.25, 0.3) is 5.91 Å². The molecule has 0 radical (unpaired) electrons. The summed E-state index contributed by atoms with van der Waals surface area (Å²) in [6.07, 6.45) is 0. The molecule has 0 aliphatic carbocycles. The molecule has 1 heterocycles. The van der Waals surface area contributed by atoms with Crippen LogP contribution in [0.15, 0.2) is 77.3 Å². The first kappa shape index (κ1) is 23.6. The number of aromatic nitrogens is 2. The van der Waals surface area contributed by atoms with Crippen molar-refractivity contribution in [3.63, 3.8) is 0 Å². The number of rotatable bonds is 8. The monoisotopic (exact) mass is 519 g/mol. The molecule has 1 aromatic heterocycles. The highest BCUT2D eigenvalue weighted by Gasteiger charge is 2.16. The number of hydrogen-bond acceptors (Lipinski definition) is 4.